The Morgan fingerprint density at radius 2 is 1.93 bits per heavy atom. The van der Waals surface area contributed by atoms with Crippen molar-refractivity contribution in [2.24, 2.45) is 5.92 Å². The van der Waals surface area contributed by atoms with E-state index in [0.29, 0.717) is 18.9 Å². The van der Waals surface area contributed by atoms with Crippen molar-refractivity contribution in [3.63, 3.8) is 0 Å². The maximum absolute atomic E-state index is 13.0. The summed E-state index contributed by atoms with van der Waals surface area (Å²) in [7, 11) is 0. The summed E-state index contributed by atoms with van der Waals surface area (Å²) < 4.78 is 5.97. The van der Waals surface area contributed by atoms with E-state index in [1.807, 2.05) is 32.0 Å². The molecule has 1 atom stereocenters. The lowest BCUT2D eigenvalue weighted by atomic mass is 9.86. The van der Waals surface area contributed by atoms with Crippen molar-refractivity contribution in [2.75, 3.05) is 13.1 Å². The molecule has 0 spiro atoms. The van der Waals surface area contributed by atoms with E-state index >= 15 is 0 Å². The fourth-order valence-electron chi connectivity index (χ4n) is 3.56. The summed E-state index contributed by atoms with van der Waals surface area (Å²) >= 11 is 0. The standard InChI is InChI=1S/C23H36N2O3/c1-6-9-12-24-20(26)14-17-10-11-19-18(13-17)21(22(27)23(4,5)28-19)25-15-16(7-2)8-3/h10-11,13,16,21,25H,6-9,12,14-15H2,1-5H3,(H,24,26). The van der Waals surface area contributed by atoms with Crippen LogP contribution in [0.15, 0.2) is 18.2 Å². The van der Waals surface area contributed by atoms with Gasteiger partial charge in [-0.05, 0) is 50.4 Å². The Kier molecular flexibility index (Phi) is 8.05. The van der Waals surface area contributed by atoms with Crippen molar-refractivity contribution in [3.05, 3.63) is 29.3 Å². The van der Waals surface area contributed by atoms with Crippen LogP contribution < -0.4 is 15.4 Å². The second-order valence-electron chi connectivity index (χ2n) is 8.25. The minimum absolute atomic E-state index is 0.0123. The molecule has 1 aromatic rings. The van der Waals surface area contributed by atoms with E-state index in [2.05, 4.69) is 31.4 Å². The van der Waals surface area contributed by atoms with Crippen LogP contribution in [0.2, 0.25) is 0 Å². The summed E-state index contributed by atoms with van der Waals surface area (Å²) in [6, 6.07) is 5.36. The van der Waals surface area contributed by atoms with Crippen LogP contribution in [0.25, 0.3) is 0 Å². The van der Waals surface area contributed by atoms with Gasteiger partial charge >= 0.3 is 0 Å². The molecule has 5 heteroatoms. The van der Waals surface area contributed by atoms with Gasteiger partial charge < -0.3 is 15.4 Å². The Balaban J connectivity index is 2.20. The molecular weight excluding hydrogens is 352 g/mol. The van der Waals surface area contributed by atoms with Gasteiger partial charge in [-0.2, -0.15) is 0 Å². The van der Waals surface area contributed by atoms with Crippen molar-refractivity contribution >= 4 is 11.7 Å². The first-order valence-corrected chi connectivity index (χ1v) is 10.7. The van der Waals surface area contributed by atoms with Crippen LogP contribution >= 0.6 is 0 Å². The molecule has 2 N–H and O–H groups in total. The summed E-state index contributed by atoms with van der Waals surface area (Å²) in [6.07, 6.45) is 4.51. The quantitative estimate of drug-likeness (QED) is 0.596. The van der Waals surface area contributed by atoms with Crippen LogP contribution in [0.3, 0.4) is 0 Å². The molecule has 0 aliphatic carbocycles. The van der Waals surface area contributed by atoms with Crippen molar-refractivity contribution in [2.45, 2.75) is 78.4 Å². The SMILES string of the molecule is CCCCNC(=O)Cc1ccc2c(c1)C(NCC(CC)CC)C(=O)C(C)(C)O2. The second kappa shape index (κ2) is 10.1. The van der Waals surface area contributed by atoms with Gasteiger partial charge in [-0.1, -0.05) is 46.1 Å². The molecule has 1 aliphatic rings. The number of benzene rings is 1. The number of unbranched alkanes of at least 4 members (excludes halogenated alkanes) is 1. The van der Waals surface area contributed by atoms with Crippen molar-refractivity contribution < 1.29 is 14.3 Å². The molecule has 28 heavy (non-hydrogen) atoms. The monoisotopic (exact) mass is 388 g/mol. The third-order valence-electron chi connectivity index (χ3n) is 5.59. The number of ketones is 1. The summed E-state index contributed by atoms with van der Waals surface area (Å²) in [6.45, 7) is 11.6. The fourth-order valence-corrected chi connectivity index (χ4v) is 3.56. The molecule has 5 nitrogen and oxygen atoms in total. The van der Waals surface area contributed by atoms with E-state index in [4.69, 9.17) is 4.74 Å². The zero-order chi connectivity index (χ0) is 20.7. The van der Waals surface area contributed by atoms with Gasteiger partial charge in [-0.15, -0.1) is 0 Å². The topological polar surface area (TPSA) is 67.4 Å². The van der Waals surface area contributed by atoms with Gasteiger partial charge in [0.05, 0.1) is 12.5 Å². The van der Waals surface area contributed by atoms with E-state index < -0.39 is 11.6 Å². The van der Waals surface area contributed by atoms with Gasteiger partial charge in [0.1, 0.15) is 5.75 Å². The van der Waals surface area contributed by atoms with E-state index in [-0.39, 0.29) is 11.7 Å². The molecule has 0 saturated carbocycles. The van der Waals surface area contributed by atoms with E-state index in [1.54, 1.807) is 0 Å². The maximum atomic E-state index is 13.0. The van der Waals surface area contributed by atoms with Crippen LogP contribution in [-0.4, -0.2) is 30.4 Å². The molecule has 0 radical (unpaired) electrons. The Bertz CT molecular complexity index is 680. The predicted octanol–water partition coefficient (Wildman–Crippen LogP) is 3.95. The highest BCUT2D eigenvalue weighted by molar-refractivity contribution is 5.94. The number of hydrogen-bond acceptors (Lipinski definition) is 4. The molecule has 156 valence electrons. The molecule has 0 saturated heterocycles. The first kappa shape index (κ1) is 22.4. The van der Waals surface area contributed by atoms with Crippen molar-refractivity contribution in [1.82, 2.24) is 10.6 Å². The number of amides is 1. The molecule has 1 aromatic carbocycles. The smallest absolute Gasteiger partial charge is 0.224 e. The zero-order valence-corrected chi connectivity index (χ0v) is 18.1. The summed E-state index contributed by atoms with van der Waals surface area (Å²) in [5.41, 5.74) is 0.879. The fraction of sp³-hybridized carbons (Fsp3) is 0.652. The van der Waals surface area contributed by atoms with Gasteiger partial charge in [0, 0.05) is 12.1 Å². The Morgan fingerprint density at radius 3 is 2.57 bits per heavy atom. The molecule has 0 bridgehead atoms. The van der Waals surface area contributed by atoms with Crippen LogP contribution in [0.1, 0.15) is 77.5 Å². The number of fused-ring (bicyclic) bond motifs is 1. The number of carbonyl (C=O) groups is 2. The number of rotatable bonds is 10. The predicted molar refractivity (Wildman–Crippen MR) is 113 cm³/mol. The summed E-state index contributed by atoms with van der Waals surface area (Å²) in [4.78, 5) is 25.2. The Labute approximate surface area is 169 Å². The second-order valence-corrected chi connectivity index (χ2v) is 8.25. The Morgan fingerprint density at radius 1 is 1.21 bits per heavy atom. The third-order valence-corrected chi connectivity index (χ3v) is 5.59. The van der Waals surface area contributed by atoms with Gasteiger partial charge in [0.2, 0.25) is 5.91 Å². The van der Waals surface area contributed by atoms with Gasteiger partial charge in [-0.3, -0.25) is 9.59 Å². The van der Waals surface area contributed by atoms with Gasteiger partial charge in [0.25, 0.3) is 0 Å². The number of hydrogen-bond donors (Lipinski definition) is 2. The van der Waals surface area contributed by atoms with E-state index in [9.17, 15) is 9.59 Å². The lowest BCUT2D eigenvalue weighted by molar-refractivity contribution is -0.136. The largest absolute Gasteiger partial charge is 0.480 e. The van der Waals surface area contributed by atoms with E-state index in [0.717, 1.165) is 49.1 Å². The maximum Gasteiger partial charge on any atom is 0.224 e. The van der Waals surface area contributed by atoms with Crippen LogP contribution in [-0.2, 0) is 16.0 Å². The molecular formula is C23H36N2O3. The van der Waals surface area contributed by atoms with Gasteiger partial charge in [0.15, 0.2) is 11.4 Å². The van der Waals surface area contributed by atoms with Crippen molar-refractivity contribution in [3.8, 4) is 5.75 Å². The highest BCUT2D eigenvalue weighted by Gasteiger charge is 2.42. The molecule has 1 unspecified atom stereocenters. The first-order valence-electron chi connectivity index (χ1n) is 10.7. The number of nitrogens with one attached hydrogen (secondary N) is 2. The average Bonchev–Trinajstić information content (AvgIpc) is 2.65. The number of Topliss-reactive ketones (excluding diaryl/α,β-unsaturated/α-hetero) is 1. The Hall–Kier alpha value is -1.88. The minimum Gasteiger partial charge on any atom is -0.480 e. The lowest BCUT2D eigenvalue weighted by Crippen LogP contribution is -2.49. The minimum atomic E-state index is -0.863. The molecule has 0 fully saturated rings. The molecule has 0 aromatic heterocycles. The van der Waals surface area contributed by atoms with Crippen LogP contribution in [0, 0.1) is 5.92 Å². The lowest BCUT2D eigenvalue weighted by Gasteiger charge is -2.37. The molecule has 1 heterocycles. The summed E-state index contributed by atoms with van der Waals surface area (Å²) in [5.74, 6) is 1.31. The average molecular weight is 389 g/mol. The number of ether oxygens (including phenoxy) is 1. The molecule has 2 rings (SSSR count). The highest BCUT2D eigenvalue weighted by Crippen LogP contribution is 2.38. The first-order chi connectivity index (χ1) is 13.3. The van der Waals surface area contributed by atoms with Crippen LogP contribution in [0.5, 0.6) is 5.75 Å². The third kappa shape index (κ3) is 5.57. The van der Waals surface area contributed by atoms with E-state index in [1.165, 1.54) is 0 Å². The van der Waals surface area contributed by atoms with Crippen molar-refractivity contribution in [1.29, 1.82) is 0 Å². The van der Waals surface area contributed by atoms with Gasteiger partial charge in [-0.25, -0.2) is 0 Å². The highest BCUT2D eigenvalue weighted by atomic mass is 16.5. The number of carbonyl (C=O) groups excluding carboxylic acids is 2. The molecule has 1 amide bonds. The van der Waals surface area contributed by atoms with Crippen LogP contribution in [0.4, 0.5) is 0 Å². The normalized spacial score (nSPS) is 17.9. The summed E-state index contributed by atoms with van der Waals surface area (Å²) in [5, 5.41) is 6.43. The molecule has 1 aliphatic heterocycles. The zero-order valence-electron chi connectivity index (χ0n) is 18.1.